The largest absolute Gasteiger partial charge is 0.478 e. The van der Waals surface area contributed by atoms with E-state index in [4.69, 9.17) is 21.3 Å². The van der Waals surface area contributed by atoms with Gasteiger partial charge < -0.3 is 14.8 Å². The number of nitrogens with zero attached hydrogens (tertiary/aromatic N) is 5. The van der Waals surface area contributed by atoms with Crippen LogP contribution in [0.15, 0.2) is 85.5 Å². The number of ether oxygens (including phenoxy) is 1. The molecule has 0 aliphatic heterocycles. The maximum atomic E-state index is 11.5. The second kappa shape index (κ2) is 10.0. The van der Waals surface area contributed by atoms with Gasteiger partial charge in [-0.05, 0) is 53.9 Å². The lowest BCUT2D eigenvalue weighted by atomic mass is 10.0. The lowest BCUT2D eigenvalue weighted by Gasteiger charge is -2.07. The van der Waals surface area contributed by atoms with Gasteiger partial charge in [0.2, 0.25) is 5.88 Å². The van der Waals surface area contributed by atoms with Gasteiger partial charge in [0.25, 0.3) is 0 Å². The van der Waals surface area contributed by atoms with Gasteiger partial charge in [-0.2, -0.15) is 10.4 Å². The molecule has 9 nitrogen and oxygen atoms in total. The minimum absolute atomic E-state index is 0.116. The molecule has 10 heteroatoms. The second-order valence-corrected chi connectivity index (χ2v) is 9.41. The van der Waals surface area contributed by atoms with Crippen molar-refractivity contribution in [2.75, 3.05) is 0 Å². The van der Waals surface area contributed by atoms with Gasteiger partial charge >= 0.3 is 5.97 Å². The minimum atomic E-state index is -1.06. The van der Waals surface area contributed by atoms with Gasteiger partial charge in [0, 0.05) is 5.56 Å². The van der Waals surface area contributed by atoms with E-state index in [9.17, 15) is 15.2 Å². The van der Waals surface area contributed by atoms with E-state index < -0.39 is 5.97 Å². The number of pyridine rings is 1. The van der Waals surface area contributed by atoms with Crippen LogP contribution in [0.1, 0.15) is 21.5 Å². The van der Waals surface area contributed by atoms with Crippen LogP contribution in [0, 0.1) is 18.3 Å². The fourth-order valence-corrected chi connectivity index (χ4v) is 4.69. The number of nitrogens with one attached hydrogen (secondary N) is 1. The molecule has 0 saturated carbocycles. The molecule has 6 rings (SSSR count). The summed E-state index contributed by atoms with van der Waals surface area (Å²) in [6.07, 6.45) is 3.14. The summed E-state index contributed by atoms with van der Waals surface area (Å²) in [7, 11) is 0. The van der Waals surface area contributed by atoms with Crippen molar-refractivity contribution in [1.82, 2.24) is 24.7 Å². The molecule has 0 bridgehead atoms. The van der Waals surface area contributed by atoms with Crippen molar-refractivity contribution >= 4 is 28.6 Å². The number of benzene rings is 3. The van der Waals surface area contributed by atoms with Gasteiger partial charge in [-0.3, -0.25) is 0 Å². The number of fused-ring (bicyclic) bond motifs is 1. The zero-order valence-corrected chi connectivity index (χ0v) is 21.7. The number of carboxylic acids is 1. The fraction of sp³-hybridized carbons (Fsp3) is 0.0333. The molecule has 0 radical (unpaired) electrons. The molecule has 3 aromatic heterocycles. The first-order valence-electron chi connectivity index (χ1n) is 12.1. The van der Waals surface area contributed by atoms with Crippen molar-refractivity contribution in [3.63, 3.8) is 0 Å². The van der Waals surface area contributed by atoms with Gasteiger partial charge in [-0.25, -0.2) is 19.4 Å². The summed E-state index contributed by atoms with van der Waals surface area (Å²) in [6, 6.07) is 24.3. The highest BCUT2D eigenvalue weighted by Gasteiger charge is 2.19. The Morgan fingerprint density at radius 2 is 1.73 bits per heavy atom. The van der Waals surface area contributed by atoms with Gasteiger partial charge in [0.05, 0.1) is 27.5 Å². The number of halogens is 1. The summed E-state index contributed by atoms with van der Waals surface area (Å²) in [5.41, 5.74) is 6.09. The molecule has 6 aromatic rings. The van der Waals surface area contributed by atoms with Crippen LogP contribution in [0.2, 0.25) is 5.02 Å². The molecule has 0 saturated heterocycles. The molecule has 3 aromatic carbocycles. The number of aryl methyl sites for hydroxylation is 1. The Balaban J connectivity index is 1.31. The summed E-state index contributed by atoms with van der Waals surface area (Å²) in [5.74, 6) is -0.626. The monoisotopic (exact) mass is 546 g/mol. The molecule has 3 heterocycles. The van der Waals surface area contributed by atoms with Crippen molar-refractivity contribution in [2.24, 2.45) is 0 Å². The summed E-state index contributed by atoms with van der Waals surface area (Å²) in [6.45, 7) is 1.70. The average molecular weight is 547 g/mol. The Labute approximate surface area is 232 Å². The van der Waals surface area contributed by atoms with Crippen LogP contribution in [0.5, 0.6) is 11.6 Å². The quantitative estimate of drug-likeness (QED) is 0.235. The smallest absolute Gasteiger partial charge is 0.336 e. The molecular formula is C30H19ClN6O3. The van der Waals surface area contributed by atoms with Gasteiger partial charge in [-0.1, -0.05) is 54.1 Å². The number of aromatic amines is 1. The number of carbonyl (C=O) groups is 1. The maximum Gasteiger partial charge on any atom is 0.336 e. The Kier molecular flexibility index (Phi) is 6.22. The predicted molar refractivity (Wildman–Crippen MR) is 150 cm³/mol. The van der Waals surface area contributed by atoms with E-state index in [1.54, 1.807) is 36.1 Å². The topological polar surface area (TPSA) is 130 Å². The zero-order chi connectivity index (χ0) is 27.8. The molecule has 0 atom stereocenters. The minimum Gasteiger partial charge on any atom is -0.478 e. The fourth-order valence-electron chi connectivity index (χ4n) is 4.43. The molecule has 0 aliphatic carbocycles. The Bertz CT molecular complexity index is 1920. The number of aromatic nitrogens is 5. The number of H-pyrrole nitrogens is 1. The highest BCUT2D eigenvalue weighted by Crippen LogP contribution is 2.36. The number of carboxylic acid groups (broad SMARTS) is 1. The summed E-state index contributed by atoms with van der Waals surface area (Å²) < 4.78 is 7.57. The van der Waals surface area contributed by atoms with Gasteiger partial charge in [-0.15, -0.1) is 0 Å². The number of hydrogen-bond donors (Lipinski definition) is 2. The maximum absolute atomic E-state index is 11.5. The molecule has 0 aliphatic rings. The van der Waals surface area contributed by atoms with E-state index in [-0.39, 0.29) is 22.8 Å². The van der Waals surface area contributed by atoms with E-state index in [1.807, 2.05) is 48.5 Å². The summed E-state index contributed by atoms with van der Waals surface area (Å²) >= 11 is 6.61. The first-order chi connectivity index (χ1) is 19.4. The van der Waals surface area contributed by atoms with Crippen LogP contribution in [0.4, 0.5) is 0 Å². The lowest BCUT2D eigenvalue weighted by Crippen LogP contribution is -2.00. The third-order valence-corrected chi connectivity index (χ3v) is 6.79. The summed E-state index contributed by atoms with van der Waals surface area (Å²) in [5, 5.41) is 23.9. The van der Waals surface area contributed by atoms with Crippen LogP contribution in [0.3, 0.4) is 0 Å². The van der Waals surface area contributed by atoms with E-state index in [0.29, 0.717) is 27.3 Å². The molecule has 0 spiro atoms. The van der Waals surface area contributed by atoms with Crippen molar-refractivity contribution in [3.8, 4) is 45.8 Å². The SMILES string of the molecule is Cc1ccc(Oc2[nH]c3cc(Cl)c(-c4ccc(-c5ccc(-n6cncn6)cc5)cc4)nc3c2C#N)cc1C(=O)O. The first-order valence-corrected chi connectivity index (χ1v) is 12.5. The first kappa shape index (κ1) is 24.9. The number of nitriles is 1. The van der Waals surface area contributed by atoms with Crippen molar-refractivity contribution in [3.05, 3.63) is 107 Å². The van der Waals surface area contributed by atoms with Crippen molar-refractivity contribution < 1.29 is 14.6 Å². The van der Waals surface area contributed by atoms with E-state index in [1.165, 1.54) is 12.4 Å². The molecule has 0 unspecified atom stereocenters. The zero-order valence-electron chi connectivity index (χ0n) is 21.0. The van der Waals surface area contributed by atoms with Gasteiger partial charge in [0.1, 0.15) is 35.6 Å². The lowest BCUT2D eigenvalue weighted by molar-refractivity contribution is 0.0695. The Morgan fingerprint density at radius 3 is 2.38 bits per heavy atom. The third-order valence-electron chi connectivity index (χ3n) is 6.50. The number of hydrogen-bond acceptors (Lipinski definition) is 6. The van der Waals surface area contributed by atoms with Crippen LogP contribution in [-0.2, 0) is 0 Å². The molecule has 0 fully saturated rings. The summed E-state index contributed by atoms with van der Waals surface area (Å²) in [4.78, 5) is 23.2. The van der Waals surface area contributed by atoms with E-state index in [2.05, 4.69) is 21.1 Å². The highest BCUT2D eigenvalue weighted by molar-refractivity contribution is 6.33. The van der Waals surface area contributed by atoms with Crippen molar-refractivity contribution in [1.29, 1.82) is 5.26 Å². The molecule has 194 valence electrons. The van der Waals surface area contributed by atoms with Crippen LogP contribution in [-0.4, -0.2) is 35.8 Å². The van der Waals surface area contributed by atoms with Crippen LogP contribution >= 0.6 is 11.6 Å². The number of aromatic carboxylic acids is 1. The predicted octanol–water partition coefficient (Wildman–Crippen LogP) is 6.80. The third kappa shape index (κ3) is 4.53. The van der Waals surface area contributed by atoms with E-state index in [0.717, 1.165) is 22.4 Å². The van der Waals surface area contributed by atoms with E-state index >= 15 is 0 Å². The Morgan fingerprint density at radius 1 is 1.02 bits per heavy atom. The molecular weight excluding hydrogens is 528 g/mol. The molecule has 40 heavy (non-hydrogen) atoms. The molecule has 0 amide bonds. The Hall–Kier alpha value is -5.46. The standard InChI is InChI=1S/C30H19ClN6O3/c1-17-2-11-22(12-23(17)30(38)39)40-29-24(14-32)28-26(35-29)13-25(31)27(36-28)20-5-3-18(4-6-20)19-7-9-21(10-8-19)37-16-33-15-34-37/h2-13,15-16,35H,1H3,(H,38,39). The normalized spacial score (nSPS) is 10.9. The van der Waals surface area contributed by atoms with Crippen molar-refractivity contribution in [2.45, 2.75) is 6.92 Å². The highest BCUT2D eigenvalue weighted by atomic mass is 35.5. The number of rotatable bonds is 6. The van der Waals surface area contributed by atoms with Crippen LogP contribution < -0.4 is 4.74 Å². The molecule has 2 N–H and O–H groups in total. The van der Waals surface area contributed by atoms with Crippen LogP contribution in [0.25, 0.3) is 39.1 Å². The second-order valence-electron chi connectivity index (χ2n) is 9.00. The van der Waals surface area contributed by atoms with Gasteiger partial charge in [0.15, 0.2) is 0 Å². The average Bonchev–Trinajstić information content (AvgIpc) is 3.61.